The highest BCUT2D eigenvalue weighted by Crippen LogP contribution is 2.15. The van der Waals surface area contributed by atoms with Gasteiger partial charge >= 0.3 is 17.9 Å². The molecule has 6 heteroatoms. The Balaban J connectivity index is 4.48. The van der Waals surface area contributed by atoms with Gasteiger partial charge < -0.3 is 14.2 Å². The predicted molar refractivity (Wildman–Crippen MR) is 270 cm³/mol. The highest BCUT2D eigenvalue weighted by molar-refractivity contribution is 5.71. The van der Waals surface area contributed by atoms with Gasteiger partial charge in [-0.3, -0.25) is 14.4 Å². The Labute approximate surface area is 389 Å². The lowest BCUT2D eigenvalue weighted by Gasteiger charge is -2.18. The van der Waals surface area contributed by atoms with Crippen molar-refractivity contribution in [1.29, 1.82) is 0 Å². The summed E-state index contributed by atoms with van der Waals surface area (Å²) in [5, 5.41) is 0. The number of unbranched alkanes of at least 4 members (excludes halogenated alkanes) is 25. The van der Waals surface area contributed by atoms with Crippen LogP contribution in [0.15, 0.2) is 72.9 Å². The maximum Gasteiger partial charge on any atom is 0.306 e. The summed E-state index contributed by atoms with van der Waals surface area (Å²) in [4.78, 5) is 38.0. The molecule has 0 aromatic carbocycles. The van der Waals surface area contributed by atoms with Crippen LogP contribution in [-0.2, 0) is 28.6 Å². The van der Waals surface area contributed by atoms with E-state index in [0.717, 1.165) is 77.0 Å². The van der Waals surface area contributed by atoms with E-state index in [1.54, 1.807) is 0 Å². The third-order valence-corrected chi connectivity index (χ3v) is 11.2. The summed E-state index contributed by atoms with van der Waals surface area (Å²) in [6, 6.07) is 0. The predicted octanol–water partition coefficient (Wildman–Crippen LogP) is 17.4. The monoisotopic (exact) mass is 879 g/mol. The largest absolute Gasteiger partial charge is 0.462 e. The van der Waals surface area contributed by atoms with Crippen molar-refractivity contribution in [2.45, 2.75) is 258 Å². The molecule has 6 nitrogen and oxygen atoms in total. The molecule has 0 aliphatic rings. The van der Waals surface area contributed by atoms with Crippen LogP contribution in [0, 0.1) is 0 Å². The van der Waals surface area contributed by atoms with Gasteiger partial charge in [-0.15, -0.1) is 0 Å². The number of carbonyl (C=O) groups excluding carboxylic acids is 3. The third kappa shape index (κ3) is 49.7. The molecule has 0 aliphatic carbocycles. The number of rotatable bonds is 47. The van der Waals surface area contributed by atoms with Crippen LogP contribution < -0.4 is 0 Å². The number of hydrogen-bond acceptors (Lipinski definition) is 6. The topological polar surface area (TPSA) is 78.9 Å². The lowest BCUT2D eigenvalue weighted by molar-refractivity contribution is -0.167. The zero-order chi connectivity index (χ0) is 45.8. The summed E-state index contributed by atoms with van der Waals surface area (Å²) in [6.07, 6.45) is 64.5. The van der Waals surface area contributed by atoms with Gasteiger partial charge in [-0.2, -0.15) is 0 Å². The molecule has 0 saturated heterocycles. The van der Waals surface area contributed by atoms with Crippen LogP contribution in [-0.4, -0.2) is 37.2 Å². The molecule has 1 unspecified atom stereocenters. The Kier molecular flexibility index (Phi) is 48.9. The van der Waals surface area contributed by atoms with Crippen LogP contribution in [0.4, 0.5) is 0 Å². The van der Waals surface area contributed by atoms with E-state index in [4.69, 9.17) is 14.2 Å². The Hall–Kier alpha value is -3.15. The molecule has 0 N–H and O–H groups in total. The average molecular weight is 879 g/mol. The minimum Gasteiger partial charge on any atom is -0.462 e. The fraction of sp³-hybridized carbons (Fsp3) is 0.737. The SMILES string of the molecule is CCCCC/C=C\C=C/CCCCCCCCC(=O)OC(COC(=O)CCC/C=C\C/C=C\C/C=C\C/C=C\CCCCC)COC(=O)CCCCCCCCCCCCCCC. The van der Waals surface area contributed by atoms with Gasteiger partial charge in [0.15, 0.2) is 6.10 Å². The molecular formula is C57H98O6. The van der Waals surface area contributed by atoms with E-state index >= 15 is 0 Å². The molecule has 63 heavy (non-hydrogen) atoms. The van der Waals surface area contributed by atoms with Crippen LogP contribution in [0.25, 0.3) is 0 Å². The number of hydrogen-bond donors (Lipinski definition) is 0. The zero-order valence-electron chi connectivity index (χ0n) is 41.3. The first-order chi connectivity index (χ1) is 31.0. The molecule has 0 aromatic rings. The molecule has 0 heterocycles. The van der Waals surface area contributed by atoms with E-state index in [2.05, 4.69) is 93.7 Å². The van der Waals surface area contributed by atoms with Gasteiger partial charge in [0.2, 0.25) is 0 Å². The molecule has 0 aliphatic heterocycles. The van der Waals surface area contributed by atoms with Crippen molar-refractivity contribution in [1.82, 2.24) is 0 Å². The maximum absolute atomic E-state index is 12.8. The average Bonchev–Trinajstić information content (AvgIpc) is 3.28. The third-order valence-electron chi connectivity index (χ3n) is 11.2. The smallest absolute Gasteiger partial charge is 0.306 e. The van der Waals surface area contributed by atoms with Gasteiger partial charge in [-0.1, -0.05) is 222 Å². The lowest BCUT2D eigenvalue weighted by atomic mass is 10.0. The number of ether oxygens (including phenoxy) is 3. The van der Waals surface area contributed by atoms with Crippen molar-refractivity contribution in [3.63, 3.8) is 0 Å². The van der Waals surface area contributed by atoms with Crippen LogP contribution in [0.2, 0.25) is 0 Å². The maximum atomic E-state index is 12.8. The van der Waals surface area contributed by atoms with E-state index in [-0.39, 0.29) is 37.5 Å². The molecule has 0 rings (SSSR count). The van der Waals surface area contributed by atoms with Gasteiger partial charge in [0.1, 0.15) is 13.2 Å². The van der Waals surface area contributed by atoms with Crippen LogP contribution in [0.1, 0.15) is 252 Å². The first kappa shape index (κ1) is 59.9. The Morgan fingerprint density at radius 2 is 0.635 bits per heavy atom. The van der Waals surface area contributed by atoms with Gasteiger partial charge in [-0.25, -0.2) is 0 Å². The molecule has 0 radical (unpaired) electrons. The summed E-state index contributed by atoms with van der Waals surface area (Å²) in [6.45, 7) is 6.53. The van der Waals surface area contributed by atoms with Crippen molar-refractivity contribution in [2.75, 3.05) is 13.2 Å². The standard InChI is InChI=1S/C57H98O6/c1-4-7-10-13-16-19-22-25-27-28-30-32-35-38-41-44-47-50-56(59)62-53-54(52-61-55(58)49-46-43-40-37-34-31-24-21-18-15-12-9-6-3)63-57(60)51-48-45-42-39-36-33-29-26-23-20-17-14-11-8-5-2/h16-17,19-20,23,25-27,30,32,38,41,54H,4-15,18,21-22,24,28-29,31,33-37,39-40,42-53H2,1-3H3/b19-16-,20-17-,26-23-,27-25-,32-30-,41-38-. The second kappa shape index (κ2) is 51.5. The molecule has 0 fully saturated rings. The van der Waals surface area contributed by atoms with Crippen molar-refractivity contribution < 1.29 is 28.6 Å². The van der Waals surface area contributed by atoms with Crippen molar-refractivity contribution >= 4 is 17.9 Å². The lowest BCUT2D eigenvalue weighted by Crippen LogP contribution is -2.30. The van der Waals surface area contributed by atoms with Crippen molar-refractivity contribution in [3.05, 3.63) is 72.9 Å². The fourth-order valence-corrected chi connectivity index (χ4v) is 7.19. The van der Waals surface area contributed by atoms with E-state index in [9.17, 15) is 14.4 Å². The molecule has 0 spiro atoms. The molecule has 0 saturated carbocycles. The first-order valence-corrected chi connectivity index (χ1v) is 26.5. The number of carbonyl (C=O) groups is 3. The molecule has 362 valence electrons. The summed E-state index contributed by atoms with van der Waals surface area (Å²) < 4.78 is 16.8. The van der Waals surface area contributed by atoms with Gasteiger partial charge in [-0.05, 0) is 83.5 Å². The van der Waals surface area contributed by atoms with Crippen molar-refractivity contribution in [3.8, 4) is 0 Å². The van der Waals surface area contributed by atoms with Crippen LogP contribution in [0.3, 0.4) is 0 Å². The van der Waals surface area contributed by atoms with E-state index < -0.39 is 6.10 Å². The summed E-state index contributed by atoms with van der Waals surface area (Å²) in [5.41, 5.74) is 0. The fourth-order valence-electron chi connectivity index (χ4n) is 7.19. The van der Waals surface area contributed by atoms with E-state index in [0.29, 0.717) is 19.3 Å². The molecule has 0 bridgehead atoms. The zero-order valence-corrected chi connectivity index (χ0v) is 41.3. The van der Waals surface area contributed by atoms with Crippen molar-refractivity contribution in [2.24, 2.45) is 0 Å². The molecular weight excluding hydrogens is 781 g/mol. The summed E-state index contributed by atoms with van der Waals surface area (Å²) >= 11 is 0. The number of allylic oxidation sites excluding steroid dienone is 12. The van der Waals surface area contributed by atoms with Gasteiger partial charge in [0.25, 0.3) is 0 Å². The van der Waals surface area contributed by atoms with Gasteiger partial charge in [0.05, 0.1) is 0 Å². The van der Waals surface area contributed by atoms with E-state index in [1.807, 2.05) is 0 Å². The molecule has 1 atom stereocenters. The first-order valence-electron chi connectivity index (χ1n) is 26.5. The Bertz CT molecular complexity index is 1190. The van der Waals surface area contributed by atoms with Crippen LogP contribution >= 0.6 is 0 Å². The summed E-state index contributed by atoms with van der Waals surface area (Å²) in [5.74, 6) is -0.963. The Morgan fingerprint density at radius 1 is 0.333 bits per heavy atom. The molecule has 0 amide bonds. The highest BCUT2D eigenvalue weighted by atomic mass is 16.6. The minimum absolute atomic E-state index is 0.0956. The molecule has 0 aromatic heterocycles. The highest BCUT2D eigenvalue weighted by Gasteiger charge is 2.19. The second-order valence-corrected chi connectivity index (χ2v) is 17.5. The minimum atomic E-state index is -0.801. The second-order valence-electron chi connectivity index (χ2n) is 17.5. The number of esters is 3. The normalized spacial score (nSPS) is 12.6. The van der Waals surface area contributed by atoms with Gasteiger partial charge in [0, 0.05) is 19.3 Å². The van der Waals surface area contributed by atoms with Crippen LogP contribution in [0.5, 0.6) is 0 Å². The quantitative estimate of drug-likeness (QED) is 0.0199. The van der Waals surface area contributed by atoms with E-state index in [1.165, 1.54) is 128 Å². The Morgan fingerprint density at radius 3 is 1.08 bits per heavy atom. The summed E-state index contributed by atoms with van der Waals surface area (Å²) in [7, 11) is 0.